The summed E-state index contributed by atoms with van der Waals surface area (Å²) in [4.78, 5) is 2.59. The summed E-state index contributed by atoms with van der Waals surface area (Å²) in [7, 11) is 0. The summed E-state index contributed by atoms with van der Waals surface area (Å²) in [5, 5.41) is 6.96. The molecule has 4 nitrogen and oxygen atoms in total. The largest absolute Gasteiger partial charge is 0.382 e. The minimum absolute atomic E-state index is 0.431. The Labute approximate surface area is 119 Å². The van der Waals surface area contributed by atoms with Crippen LogP contribution in [0.25, 0.3) is 11.3 Å². The Balaban J connectivity index is 1.64. The minimum Gasteiger partial charge on any atom is -0.382 e. The van der Waals surface area contributed by atoms with Crippen LogP contribution in [0.2, 0.25) is 0 Å². The quantitative estimate of drug-likeness (QED) is 0.879. The molecule has 1 aromatic heterocycles. The number of rotatable bonds is 2. The summed E-state index contributed by atoms with van der Waals surface area (Å²) >= 11 is 0. The summed E-state index contributed by atoms with van der Waals surface area (Å²) in [6.45, 7) is 3.79. The topological polar surface area (TPSA) is 57.9 Å². The summed E-state index contributed by atoms with van der Waals surface area (Å²) in [5.74, 6) is 0.544. The van der Waals surface area contributed by atoms with Gasteiger partial charge in [-0.05, 0) is 55.4 Å². The van der Waals surface area contributed by atoms with Crippen molar-refractivity contribution in [1.82, 2.24) is 15.1 Å². The van der Waals surface area contributed by atoms with Crippen LogP contribution in [-0.4, -0.2) is 34.7 Å². The van der Waals surface area contributed by atoms with Crippen molar-refractivity contribution in [2.75, 3.05) is 25.4 Å². The molecule has 0 spiro atoms. The molecule has 3 aliphatic heterocycles. The number of nitrogens with two attached hydrogens (primary N) is 1. The highest BCUT2D eigenvalue weighted by Gasteiger charge is 2.40. The van der Waals surface area contributed by atoms with Crippen molar-refractivity contribution in [3.8, 4) is 11.3 Å². The first-order valence-corrected chi connectivity index (χ1v) is 7.39. The van der Waals surface area contributed by atoms with Crippen LogP contribution in [0.4, 0.5) is 5.82 Å². The monoisotopic (exact) mass is 268 g/mol. The predicted octanol–water partition coefficient (Wildman–Crippen LogP) is 2.40. The van der Waals surface area contributed by atoms with E-state index in [1.165, 1.54) is 44.5 Å². The van der Waals surface area contributed by atoms with Gasteiger partial charge in [-0.1, -0.05) is 24.3 Å². The Bertz CT molecular complexity index is 592. The molecule has 2 bridgehead atoms. The number of hydrogen-bond donors (Lipinski definition) is 2. The number of H-pyrrole nitrogens is 1. The highest BCUT2D eigenvalue weighted by atomic mass is 15.2. The van der Waals surface area contributed by atoms with Crippen molar-refractivity contribution in [2.24, 2.45) is 0 Å². The van der Waals surface area contributed by atoms with Gasteiger partial charge in [0.15, 0.2) is 0 Å². The lowest BCUT2D eigenvalue weighted by Gasteiger charge is -2.48. The fraction of sp³-hybridized carbons (Fsp3) is 0.438. The zero-order valence-electron chi connectivity index (χ0n) is 11.6. The van der Waals surface area contributed by atoms with Crippen LogP contribution in [0.5, 0.6) is 0 Å². The van der Waals surface area contributed by atoms with Gasteiger partial charge in [0.2, 0.25) is 0 Å². The molecule has 20 heavy (non-hydrogen) atoms. The number of nitrogen functional groups attached to an aromatic ring is 1. The van der Waals surface area contributed by atoms with Gasteiger partial charge in [-0.25, -0.2) is 0 Å². The standard InChI is InChI=1S/C16H20N4/c17-15-11-14(18-19-15)12-1-3-13(4-2-12)16-5-8-20(9-6-16)10-7-16/h1-4,11H,5-10H2,(H3,17,18,19). The van der Waals surface area contributed by atoms with E-state index in [0.717, 1.165) is 11.3 Å². The van der Waals surface area contributed by atoms with Gasteiger partial charge in [-0.3, -0.25) is 5.10 Å². The van der Waals surface area contributed by atoms with Crippen LogP contribution in [0.3, 0.4) is 0 Å². The van der Waals surface area contributed by atoms with E-state index in [1.54, 1.807) is 0 Å². The number of anilines is 1. The van der Waals surface area contributed by atoms with Crippen molar-refractivity contribution in [2.45, 2.75) is 24.7 Å². The number of aromatic amines is 1. The number of piperidine rings is 3. The number of fused-ring (bicyclic) bond motifs is 3. The van der Waals surface area contributed by atoms with E-state index in [2.05, 4.69) is 39.4 Å². The number of nitrogens with one attached hydrogen (secondary N) is 1. The Hall–Kier alpha value is -1.81. The van der Waals surface area contributed by atoms with Crippen LogP contribution in [0, 0.1) is 0 Å². The van der Waals surface area contributed by atoms with Crippen LogP contribution in [0.1, 0.15) is 24.8 Å². The Morgan fingerprint density at radius 2 is 1.70 bits per heavy atom. The fourth-order valence-electron chi connectivity index (χ4n) is 3.75. The molecule has 0 aliphatic carbocycles. The third kappa shape index (κ3) is 1.83. The molecule has 3 aliphatic rings. The van der Waals surface area contributed by atoms with E-state index in [0.29, 0.717) is 11.2 Å². The Morgan fingerprint density at radius 3 is 2.25 bits per heavy atom. The van der Waals surface area contributed by atoms with Crippen LogP contribution in [0.15, 0.2) is 30.3 Å². The lowest BCUT2D eigenvalue weighted by molar-refractivity contribution is 0.0818. The van der Waals surface area contributed by atoms with E-state index in [-0.39, 0.29) is 0 Å². The number of hydrogen-bond acceptors (Lipinski definition) is 3. The van der Waals surface area contributed by atoms with Crippen molar-refractivity contribution in [3.63, 3.8) is 0 Å². The summed E-state index contributed by atoms with van der Waals surface area (Å²) in [6, 6.07) is 10.9. The average molecular weight is 268 g/mol. The highest BCUT2D eigenvalue weighted by Crippen LogP contribution is 2.43. The molecule has 2 aromatic rings. The molecule has 0 amide bonds. The molecule has 3 saturated heterocycles. The number of aromatic nitrogens is 2. The summed E-state index contributed by atoms with van der Waals surface area (Å²) in [5.41, 5.74) is 9.75. The third-order valence-electron chi connectivity index (χ3n) is 5.13. The second-order valence-corrected chi connectivity index (χ2v) is 6.16. The first-order valence-electron chi connectivity index (χ1n) is 7.39. The van der Waals surface area contributed by atoms with E-state index < -0.39 is 0 Å². The van der Waals surface area contributed by atoms with Gasteiger partial charge in [0.1, 0.15) is 5.82 Å². The molecule has 104 valence electrons. The molecule has 3 N–H and O–H groups in total. The van der Waals surface area contributed by atoms with Gasteiger partial charge in [0.05, 0.1) is 5.69 Å². The van der Waals surface area contributed by atoms with Crippen molar-refractivity contribution >= 4 is 5.82 Å². The lowest BCUT2D eigenvalue weighted by atomic mass is 9.67. The maximum atomic E-state index is 5.66. The van der Waals surface area contributed by atoms with Crippen molar-refractivity contribution in [1.29, 1.82) is 0 Å². The second kappa shape index (κ2) is 4.35. The molecule has 0 atom stereocenters. The van der Waals surface area contributed by atoms with Gasteiger partial charge >= 0.3 is 0 Å². The molecular formula is C16H20N4. The first kappa shape index (κ1) is 12.0. The summed E-state index contributed by atoms with van der Waals surface area (Å²) < 4.78 is 0. The SMILES string of the molecule is Nc1cc(-c2ccc(C34CCN(CC3)CC4)cc2)[nH]n1. The fourth-order valence-corrected chi connectivity index (χ4v) is 3.75. The maximum Gasteiger partial charge on any atom is 0.145 e. The van der Waals surface area contributed by atoms with Gasteiger partial charge < -0.3 is 10.6 Å². The molecule has 0 saturated carbocycles. The molecule has 5 rings (SSSR count). The first-order chi connectivity index (χ1) is 9.75. The molecule has 0 radical (unpaired) electrons. The Kier molecular flexibility index (Phi) is 2.60. The smallest absolute Gasteiger partial charge is 0.145 e. The second-order valence-electron chi connectivity index (χ2n) is 6.16. The zero-order chi connectivity index (χ0) is 13.6. The van der Waals surface area contributed by atoms with E-state index >= 15 is 0 Å². The molecular weight excluding hydrogens is 248 g/mol. The van der Waals surface area contributed by atoms with Crippen molar-refractivity contribution < 1.29 is 0 Å². The Morgan fingerprint density at radius 1 is 1.05 bits per heavy atom. The average Bonchev–Trinajstić information content (AvgIpc) is 2.96. The molecule has 3 fully saturated rings. The van der Waals surface area contributed by atoms with Gasteiger partial charge in [-0.2, -0.15) is 5.10 Å². The maximum absolute atomic E-state index is 5.66. The molecule has 0 unspecified atom stereocenters. The highest BCUT2D eigenvalue weighted by molar-refractivity contribution is 5.62. The van der Waals surface area contributed by atoms with Crippen LogP contribution < -0.4 is 5.73 Å². The lowest BCUT2D eigenvalue weighted by Crippen LogP contribution is -2.50. The summed E-state index contributed by atoms with van der Waals surface area (Å²) in [6.07, 6.45) is 3.93. The number of nitrogens with zero attached hydrogens (tertiary/aromatic N) is 2. The van der Waals surface area contributed by atoms with E-state index in [1.807, 2.05) is 6.07 Å². The van der Waals surface area contributed by atoms with E-state index in [9.17, 15) is 0 Å². The van der Waals surface area contributed by atoms with Gasteiger partial charge in [0.25, 0.3) is 0 Å². The normalized spacial score (nSPS) is 28.7. The predicted molar refractivity (Wildman–Crippen MR) is 80.4 cm³/mol. The number of benzene rings is 1. The molecule has 4 heterocycles. The van der Waals surface area contributed by atoms with Gasteiger partial charge in [-0.15, -0.1) is 0 Å². The third-order valence-corrected chi connectivity index (χ3v) is 5.13. The molecule has 4 heteroatoms. The van der Waals surface area contributed by atoms with Crippen LogP contribution >= 0.6 is 0 Å². The van der Waals surface area contributed by atoms with E-state index in [4.69, 9.17) is 5.73 Å². The zero-order valence-corrected chi connectivity index (χ0v) is 11.6. The van der Waals surface area contributed by atoms with Crippen molar-refractivity contribution in [3.05, 3.63) is 35.9 Å². The van der Waals surface area contributed by atoms with Crippen LogP contribution in [-0.2, 0) is 5.41 Å². The van der Waals surface area contributed by atoms with Gasteiger partial charge in [0, 0.05) is 6.07 Å². The minimum atomic E-state index is 0.431. The molecule has 1 aromatic carbocycles.